The molecule has 0 saturated carbocycles. The number of hydrogen-bond acceptors (Lipinski definition) is 5. The lowest BCUT2D eigenvalue weighted by Gasteiger charge is -2.13. The molecular weight excluding hydrogens is 278 g/mol. The minimum absolute atomic E-state index is 0. The molecule has 0 radical (unpaired) electrons. The van der Waals surface area contributed by atoms with Gasteiger partial charge in [-0.15, -0.1) is 12.4 Å². The zero-order valence-electron chi connectivity index (χ0n) is 11.3. The average molecular weight is 296 g/mol. The Morgan fingerprint density at radius 2 is 1.90 bits per heavy atom. The van der Waals surface area contributed by atoms with E-state index in [1.165, 1.54) is 6.42 Å². The Labute approximate surface area is 124 Å². The fraction of sp³-hybridized carbons (Fsp3) is 0.429. The van der Waals surface area contributed by atoms with E-state index in [0.717, 1.165) is 24.0 Å². The zero-order valence-corrected chi connectivity index (χ0v) is 12.2. The second-order valence-electron chi connectivity index (χ2n) is 4.63. The molecule has 1 aromatic heterocycles. The van der Waals surface area contributed by atoms with Crippen LogP contribution in [0.5, 0.6) is 11.8 Å². The number of halogens is 1. The molecule has 2 heterocycles. The molecule has 0 spiro atoms. The molecule has 2 aromatic rings. The zero-order chi connectivity index (χ0) is 13.1. The van der Waals surface area contributed by atoms with Crippen molar-refractivity contribution in [1.29, 1.82) is 0 Å². The van der Waals surface area contributed by atoms with Gasteiger partial charge in [-0.25, -0.2) is 9.97 Å². The highest BCUT2D eigenvalue weighted by Gasteiger charge is 2.17. The smallest absolute Gasteiger partial charge is 0.278 e. The van der Waals surface area contributed by atoms with Gasteiger partial charge in [0.1, 0.15) is 6.61 Å². The molecule has 108 valence electrons. The van der Waals surface area contributed by atoms with Crippen LogP contribution in [0.1, 0.15) is 12.8 Å². The van der Waals surface area contributed by atoms with E-state index < -0.39 is 0 Å². The van der Waals surface area contributed by atoms with Crippen molar-refractivity contribution in [1.82, 2.24) is 15.3 Å². The molecule has 6 heteroatoms. The van der Waals surface area contributed by atoms with Crippen molar-refractivity contribution in [2.75, 3.05) is 20.3 Å². The molecule has 1 aliphatic heterocycles. The highest BCUT2D eigenvalue weighted by atomic mass is 35.5. The van der Waals surface area contributed by atoms with E-state index in [0.29, 0.717) is 24.4 Å². The van der Waals surface area contributed by atoms with Crippen LogP contribution in [0.25, 0.3) is 11.0 Å². The van der Waals surface area contributed by atoms with Gasteiger partial charge in [0.25, 0.3) is 11.8 Å². The molecule has 0 aliphatic carbocycles. The molecule has 1 unspecified atom stereocenters. The van der Waals surface area contributed by atoms with E-state index in [9.17, 15) is 0 Å². The molecule has 20 heavy (non-hydrogen) atoms. The molecular formula is C14H18ClN3O2. The third kappa shape index (κ3) is 3.11. The highest BCUT2D eigenvalue weighted by molar-refractivity contribution is 5.85. The van der Waals surface area contributed by atoms with Crippen LogP contribution in [0.2, 0.25) is 0 Å². The number of ether oxygens (including phenoxy) is 2. The van der Waals surface area contributed by atoms with Crippen molar-refractivity contribution in [2.24, 2.45) is 0 Å². The number of hydrogen-bond donors (Lipinski definition) is 1. The van der Waals surface area contributed by atoms with Crippen LogP contribution in [-0.4, -0.2) is 36.3 Å². The fourth-order valence-electron chi connectivity index (χ4n) is 2.27. The second-order valence-corrected chi connectivity index (χ2v) is 4.63. The van der Waals surface area contributed by atoms with E-state index in [2.05, 4.69) is 15.3 Å². The van der Waals surface area contributed by atoms with E-state index in [1.807, 2.05) is 24.3 Å². The first-order valence-corrected chi connectivity index (χ1v) is 6.54. The van der Waals surface area contributed by atoms with Gasteiger partial charge in [0.05, 0.1) is 18.1 Å². The molecule has 0 amide bonds. The first-order chi connectivity index (χ1) is 9.36. The van der Waals surface area contributed by atoms with Crippen LogP contribution >= 0.6 is 12.4 Å². The predicted molar refractivity (Wildman–Crippen MR) is 79.9 cm³/mol. The SMILES string of the molecule is COc1nc2ccccc2nc1OCC1CCCN1.Cl. The summed E-state index contributed by atoms with van der Waals surface area (Å²) in [5.74, 6) is 0.909. The van der Waals surface area contributed by atoms with Gasteiger partial charge in [-0.2, -0.15) is 0 Å². The van der Waals surface area contributed by atoms with Crippen LogP contribution in [0.3, 0.4) is 0 Å². The summed E-state index contributed by atoms with van der Waals surface area (Å²) in [6.07, 6.45) is 2.35. The Bertz CT molecular complexity index is 573. The van der Waals surface area contributed by atoms with Crippen LogP contribution in [0.15, 0.2) is 24.3 Å². The number of benzene rings is 1. The monoisotopic (exact) mass is 295 g/mol. The Hall–Kier alpha value is -1.59. The molecule has 5 nitrogen and oxygen atoms in total. The van der Waals surface area contributed by atoms with Crippen molar-refractivity contribution < 1.29 is 9.47 Å². The number of methoxy groups -OCH3 is 1. The van der Waals surface area contributed by atoms with Crippen molar-refractivity contribution in [3.8, 4) is 11.8 Å². The molecule has 1 saturated heterocycles. The quantitative estimate of drug-likeness (QED) is 0.937. The van der Waals surface area contributed by atoms with Gasteiger partial charge in [-0.3, -0.25) is 0 Å². The van der Waals surface area contributed by atoms with Gasteiger partial charge in [-0.05, 0) is 31.5 Å². The van der Waals surface area contributed by atoms with Crippen LogP contribution < -0.4 is 14.8 Å². The van der Waals surface area contributed by atoms with Gasteiger partial charge in [0, 0.05) is 6.04 Å². The van der Waals surface area contributed by atoms with Crippen molar-refractivity contribution in [3.63, 3.8) is 0 Å². The number of rotatable bonds is 4. The molecule has 1 aromatic carbocycles. The highest BCUT2D eigenvalue weighted by Crippen LogP contribution is 2.25. The van der Waals surface area contributed by atoms with E-state index in [1.54, 1.807) is 7.11 Å². The normalized spacial score (nSPS) is 17.8. The summed E-state index contributed by atoms with van der Waals surface area (Å²) in [4.78, 5) is 8.88. The van der Waals surface area contributed by atoms with Gasteiger partial charge in [0.15, 0.2) is 0 Å². The van der Waals surface area contributed by atoms with Gasteiger partial charge < -0.3 is 14.8 Å². The number of para-hydroxylation sites is 2. The molecule has 1 fully saturated rings. The first kappa shape index (κ1) is 14.8. The largest absolute Gasteiger partial charge is 0.477 e. The van der Waals surface area contributed by atoms with Crippen molar-refractivity contribution >= 4 is 23.4 Å². The second kappa shape index (κ2) is 6.72. The Kier molecular flexibility index (Phi) is 4.98. The Morgan fingerprint density at radius 1 is 1.20 bits per heavy atom. The minimum Gasteiger partial charge on any atom is -0.477 e. The van der Waals surface area contributed by atoms with Crippen LogP contribution in [-0.2, 0) is 0 Å². The standard InChI is InChI=1S/C14H17N3O2.ClH/c1-18-13-14(19-9-10-5-4-8-15-10)17-12-7-3-2-6-11(12)16-13;/h2-3,6-7,10,15H,4-5,8-9H2,1H3;1H. The predicted octanol–water partition coefficient (Wildman–Crippen LogP) is 2.19. The summed E-state index contributed by atoms with van der Waals surface area (Å²) >= 11 is 0. The van der Waals surface area contributed by atoms with Crippen molar-refractivity contribution in [2.45, 2.75) is 18.9 Å². The lowest BCUT2D eigenvalue weighted by molar-refractivity contribution is 0.250. The van der Waals surface area contributed by atoms with E-state index in [-0.39, 0.29) is 12.4 Å². The number of fused-ring (bicyclic) bond motifs is 1. The maximum Gasteiger partial charge on any atom is 0.278 e. The lowest BCUT2D eigenvalue weighted by Crippen LogP contribution is -2.28. The number of nitrogens with zero attached hydrogens (tertiary/aromatic N) is 2. The fourth-order valence-corrected chi connectivity index (χ4v) is 2.27. The molecule has 3 rings (SSSR count). The Morgan fingerprint density at radius 3 is 2.50 bits per heavy atom. The van der Waals surface area contributed by atoms with Gasteiger partial charge >= 0.3 is 0 Å². The summed E-state index contributed by atoms with van der Waals surface area (Å²) in [6, 6.07) is 8.10. The maximum absolute atomic E-state index is 5.76. The number of aromatic nitrogens is 2. The molecule has 0 bridgehead atoms. The van der Waals surface area contributed by atoms with Crippen LogP contribution in [0.4, 0.5) is 0 Å². The molecule has 1 N–H and O–H groups in total. The van der Waals surface area contributed by atoms with Crippen molar-refractivity contribution in [3.05, 3.63) is 24.3 Å². The van der Waals surface area contributed by atoms with E-state index in [4.69, 9.17) is 9.47 Å². The summed E-state index contributed by atoms with van der Waals surface area (Å²) in [5.41, 5.74) is 1.63. The Balaban J connectivity index is 0.00000147. The number of nitrogens with one attached hydrogen (secondary N) is 1. The lowest BCUT2D eigenvalue weighted by atomic mass is 10.2. The summed E-state index contributed by atoms with van der Waals surface area (Å²) in [7, 11) is 1.58. The van der Waals surface area contributed by atoms with Crippen LogP contribution in [0, 0.1) is 0 Å². The van der Waals surface area contributed by atoms with Gasteiger partial charge in [0.2, 0.25) is 0 Å². The first-order valence-electron chi connectivity index (χ1n) is 6.54. The third-order valence-corrected chi connectivity index (χ3v) is 3.29. The summed E-state index contributed by atoms with van der Waals surface area (Å²) < 4.78 is 11.0. The maximum atomic E-state index is 5.76. The third-order valence-electron chi connectivity index (χ3n) is 3.29. The van der Waals surface area contributed by atoms with E-state index >= 15 is 0 Å². The topological polar surface area (TPSA) is 56.3 Å². The molecule has 1 atom stereocenters. The minimum atomic E-state index is 0. The summed E-state index contributed by atoms with van der Waals surface area (Å²) in [6.45, 7) is 1.66. The molecule has 1 aliphatic rings. The average Bonchev–Trinajstić information content (AvgIpc) is 2.97. The summed E-state index contributed by atoms with van der Waals surface area (Å²) in [5, 5.41) is 3.39. The van der Waals surface area contributed by atoms with Gasteiger partial charge in [-0.1, -0.05) is 12.1 Å².